The van der Waals surface area contributed by atoms with E-state index in [0.717, 1.165) is 5.56 Å². The van der Waals surface area contributed by atoms with Crippen LogP contribution in [-0.4, -0.2) is 29.4 Å². The summed E-state index contributed by atoms with van der Waals surface area (Å²) in [5, 5.41) is 23.1. The first-order chi connectivity index (χ1) is 10.5. The van der Waals surface area contributed by atoms with E-state index in [9.17, 15) is 15.0 Å². The molecular weight excluding hydrogens is 284 g/mol. The number of hydrazone groups is 1. The Morgan fingerprint density at radius 1 is 1.18 bits per heavy atom. The Hall–Kier alpha value is -3.02. The first kappa shape index (κ1) is 15.4. The number of aromatic hydroxyl groups is 2. The van der Waals surface area contributed by atoms with Crippen LogP contribution in [0, 0.1) is 6.92 Å². The van der Waals surface area contributed by atoms with Gasteiger partial charge < -0.3 is 14.9 Å². The lowest BCUT2D eigenvalue weighted by atomic mass is 10.1. The van der Waals surface area contributed by atoms with Crippen LogP contribution in [0.15, 0.2) is 41.5 Å². The second-order valence-electron chi connectivity index (χ2n) is 4.64. The highest BCUT2D eigenvalue weighted by atomic mass is 16.5. The Bertz CT molecular complexity index is 726. The molecule has 0 aliphatic carbocycles. The van der Waals surface area contributed by atoms with Gasteiger partial charge in [0.1, 0.15) is 17.2 Å². The molecule has 0 bridgehead atoms. The normalized spacial score (nSPS) is 10.6. The summed E-state index contributed by atoms with van der Waals surface area (Å²) in [6, 6.07) is 9.36. The highest BCUT2D eigenvalue weighted by molar-refractivity contribution is 5.97. The second kappa shape index (κ2) is 6.62. The van der Waals surface area contributed by atoms with E-state index in [2.05, 4.69) is 10.5 Å². The number of aryl methyl sites for hydroxylation is 1. The Morgan fingerprint density at radius 2 is 1.91 bits per heavy atom. The third-order valence-electron chi connectivity index (χ3n) is 3.00. The zero-order valence-electron chi connectivity index (χ0n) is 12.2. The SMILES string of the molecule is COc1ccc(O)c(/C=N\NC(=O)c2cc(C)ccc2O)c1. The quantitative estimate of drug-likeness (QED) is 0.596. The lowest BCUT2D eigenvalue weighted by molar-refractivity contribution is 0.0952. The van der Waals surface area contributed by atoms with Crippen molar-refractivity contribution in [1.29, 1.82) is 0 Å². The molecule has 2 aromatic carbocycles. The van der Waals surface area contributed by atoms with E-state index in [0.29, 0.717) is 11.3 Å². The smallest absolute Gasteiger partial charge is 0.275 e. The molecule has 0 unspecified atom stereocenters. The molecule has 0 heterocycles. The number of benzene rings is 2. The molecule has 22 heavy (non-hydrogen) atoms. The van der Waals surface area contributed by atoms with Crippen molar-refractivity contribution in [2.75, 3.05) is 7.11 Å². The third-order valence-corrected chi connectivity index (χ3v) is 3.00. The number of hydrogen-bond donors (Lipinski definition) is 3. The number of nitrogens with zero attached hydrogens (tertiary/aromatic N) is 1. The van der Waals surface area contributed by atoms with Crippen LogP contribution in [0.4, 0.5) is 0 Å². The van der Waals surface area contributed by atoms with Crippen LogP contribution in [-0.2, 0) is 0 Å². The number of methoxy groups -OCH3 is 1. The maximum atomic E-state index is 11.9. The van der Waals surface area contributed by atoms with Gasteiger partial charge in [0.25, 0.3) is 5.91 Å². The monoisotopic (exact) mass is 300 g/mol. The number of carbonyl (C=O) groups excluding carboxylic acids is 1. The molecule has 0 aromatic heterocycles. The molecule has 0 saturated heterocycles. The summed E-state index contributed by atoms with van der Waals surface area (Å²) in [4.78, 5) is 11.9. The van der Waals surface area contributed by atoms with Gasteiger partial charge in [-0.2, -0.15) is 5.10 Å². The fourth-order valence-corrected chi connectivity index (χ4v) is 1.82. The molecule has 0 fully saturated rings. The maximum Gasteiger partial charge on any atom is 0.275 e. The zero-order valence-corrected chi connectivity index (χ0v) is 12.2. The molecule has 0 aliphatic heterocycles. The van der Waals surface area contributed by atoms with Gasteiger partial charge in [-0.1, -0.05) is 11.6 Å². The van der Waals surface area contributed by atoms with Gasteiger partial charge in [-0.15, -0.1) is 0 Å². The highest BCUT2D eigenvalue weighted by Gasteiger charge is 2.10. The average molecular weight is 300 g/mol. The Morgan fingerprint density at radius 3 is 2.64 bits per heavy atom. The van der Waals surface area contributed by atoms with E-state index in [4.69, 9.17) is 4.74 Å². The number of phenolic OH excluding ortho intramolecular Hbond substituents is 2. The molecule has 0 spiro atoms. The summed E-state index contributed by atoms with van der Waals surface area (Å²) in [6.45, 7) is 1.81. The molecule has 2 rings (SSSR count). The fourth-order valence-electron chi connectivity index (χ4n) is 1.82. The standard InChI is InChI=1S/C16H16N2O4/c1-10-3-5-15(20)13(7-10)16(21)18-17-9-11-8-12(22-2)4-6-14(11)19/h3-9,19-20H,1-2H3,(H,18,21)/b17-9-. The van der Waals surface area contributed by atoms with Crippen LogP contribution in [0.1, 0.15) is 21.5 Å². The van der Waals surface area contributed by atoms with Crippen LogP contribution >= 0.6 is 0 Å². The van der Waals surface area contributed by atoms with Crippen molar-refractivity contribution >= 4 is 12.1 Å². The van der Waals surface area contributed by atoms with Crippen LogP contribution in [0.3, 0.4) is 0 Å². The molecule has 114 valence electrons. The van der Waals surface area contributed by atoms with E-state index in [-0.39, 0.29) is 17.1 Å². The molecule has 6 heteroatoms. The molecule has 0 aliphatic rings. The maximum absolute atomic E-state index is 11.9. The molecule has 6 nitrogen and oxygen atoms in total. The Balaban J connectivity index is 2.12. The van der Waals surface area contributed by atoms with Crippen molar-refractivity contribution in [1.82, 2.24) is 5.43 Å². The van der Waals surface area contributed by atoms with E-state index in [1.807, 2.05) is 6.92 Å². The van der Waals surface area contributed by atoms with Crippen molar-refractivity contribution < 1.29 is 19.7 Å². The molecule has 0 saturated carbocycles. The number of ether oxygens (including phenoxy) is 1. The number of hydrogen-bond acceptors (Lipinski definition) is 5. The van der Waals surface area contributed by atoms with Crippen molar-refractivity contribution in [3.05, 3.63) is 53.1 Å². The van der Waals surface area contributed by atoms with Crippen molar-refractivity contribution in [2.24, 2.45) is 5.10 Å². The van der Waals surface area contributed by atoms with E-state index in [1.54, 1.807) is 24.3 Å². The highest BCUT2D eigenvalue weighted by Crippen LogP contribution is 2.21. The predicted octanol–water partition coefficient (Wildman–Crippen LogP) is 2.18. The van der Waals surface area contributed by atoms with Crippen molar-refractivity contribution in [2.45, 2.75) is 6.92 Å². The molecule has 0 radical (unpaired) electrons. The summed E-state index contributed by atoms with van der Waals surface area (Å²) in [6.07, 6.45) is 1.29. The largest absolute Gasteiger partial charge is 0.507 e. The summed E-state index contributed by atoms with van der Waals surface area (Å²) < 4.78 is 5.04. The topological polar surface area (TPSA) is 91.2 Å². The van der Waals surface area contributed by atoms with Gasteiger partial charge in [-0.25, -0.2) is 5.43 Å². The number of nitrogens with one attached hydrogen (secondary N) is 1. The lowest BCUT2D eigenvalue weighted by Crippen LogP contribution is -2.17. The fraction of sp³-hybridized carbons (Fsp3) is 0.125. The van der Waals surface area contributed by atoms with Crippen LogP contribution in [0.25, 0.3) is 0 Å². The molecule has 0 atom stereocenters. The first-order valence-corrected chi connectivity index (χ1v) is 6.51. The Kier molecular flexibility index (Phi) is 4.63. The van der Waals surface area contributed by atoms with E-state index in [1.165, 1.54) is 25.5 Å². The van der Waals surface area contributed by atoms with Crippen LogP contribution < -0.4 is 10.2 Å². The molecule has 2 aromatic rings. The van der Waals surface area contributed by atoms with Gasteiger partial charge in [0.05, 0.1) is 18.9 Å². The van der Waals surface area contributed by atoms with Crippen molar-refractivity contribution in [3.63, 3.8) is 0 Å². The van der Waals surface area contributed by atoms with Gasteiger partial charge >= 0.3 is 0 Å². The number of phenols is 2. The van der Waals surface area contributed by atoms with Crippen LogP contribution in [0.2, 0.25) is 0 Å². The molecule has 3 N–H and O–H groups in total. The van der Waals surface area contributed by atoms with E-state index < -0.39 is 5.91 Å². The minimum Gasteiger partial charge on any atom is -0.507 e. The van der Waals surface area contributed by atoms with E-state index >= 15 is 0 Å². The zero-order chi connectivity index (χ0) is 16.1. The lowest BCUT2D eigenvalue weighted by Gasteiger charge is -2.05. The summed E-state index contributed by atoms with van der Waals surface area (Å²) in [5.74, 6) is -0.0959. The number of carbonyl (C=O) groups is 1. The van der Waals surface area contributed by atoms with Gasteiger partial charge in [0.2, 0.25) is 0 Å². The number of rotatable bonds is 4. The van der Waals surface area contributed by atoms with Gasteiger partial charge in [-0.3, -0.25) is 4.79 Å². The molecular formula is C16H16N2O4. The third kappa shape index (κ3) is 3.54. The van der Waals surface area contributed by atoms with Gasteiger partial charge in [0, 0.05) is 5.56 Å². The summed E-state index contributed by atoms with van der Waals surface area (Å²) >= 11 is 0. The van der Waals surface area contributed by atoms with Gasteiger partial charge in [-0.05, 0) is 37.3 Å². The summed E-state index contributed by atoms with van der Waals surface area (Å²) in [7, 11) is 1.51. The number of amides is 1. The second-order valence-corrected chi connectivity index (χ2v) is 4.64. The first-order valence-electron chi connectivity index (χ1n) is 6.51. The van der Waals surface area contributed by atoms with Crippen molar-refractivity contribution in [3.8, 4) is 17.2 Å². The Labute approximate surface area is 127 Å². The predicted molar refractivity (Wildman–Crippen MR) is 82.6 cm³/mol. The minimum atomic E-state index is -0.542. The van der Waals surface area contributed by atoms with Crippen LogP contribution in [0.5, 0.6) is 17.2 Å². The van der Waals surface area contributed by atoms with Gasteiger partial charge in [0.15, 0.2) is 0 Å². The molecule has 1 amide bonds. The summed E-state index contributed by atoms with van der Waals surface area (Å²) in [5.41, 5.74) is 3.67. The average Bonchev–Trinajstić information content (AvgIpc) is 2.51. The minimum absolute atomic E-state index is 0.0113.